The summed E-state index contributed by atoms with van der Waals surface area (Å²) in [6, 6.07) is 14.9. The van der Waals surface area contributed by atoms with Gasteiger partial charge in [-0.2, -0.15) is 0 Å². The largest absolute Gasteiger partial charge is 0.240 e. The van der Waals surface area contributed by atoms with Gasteiger partial charge in [0.2, 0.25) is 10.0 Å². The van der Waals surface area contributed by atoms with Crippen molar-refractivity contribution in [3.8, 4) is 0 Å². The second kappa shape index (κ2) is 7.68. The first kappa shape index (κ1) is 17.5. The van der Waals surface area contributed by atoms with E-state index in [9.17, 15) is 8.42 Å². The molecule has 2 aromatic carbocycles. The molecule has 0 heterocycles. The number of unbranched alkanes of at least 4 members (excludes halogenated alkanes) is 1. The molecule has 0 radical (unpaired) electrons. The van der Waals surface area contributed by atoms with E-state index in [2.05, 4.69) is 29.0 Å². The summed E-state index contributed by atoms with van der Waals surface area (Å²) in [5.74, 6) is 0.704. The van der Waals surface area contributed by atoms with Crippen molar-refractivity contribution in [2.45, 2.75) is 37.0 Å². The third-order valence-electron chi connectivity index (χ3n) is 4.59. The average Bonchev–Trinajstić information content (AvgIpc) is 2.97. The fourth-order valence-electron chi connectivity index (χ4n) is 3.32. The molecule has 2 aromatic rings. The first-order valence-electron chi connectivity index (χ1n) is 8.36. The maximum Gasteiger partial charge on any atom is 0.240 e. The first-order valence-corrected chi connectivity index (χ1v) is 10.2. The van der Waals surface area contributed by atoms with Gasteiger partial charge < -0.3 is 0 Å². The topological polar surface area (TPSA) is 46.2 Å². The van der Waals surface area contributed by atoms with E-state index < -0.39 is 10.0 Å². The zero-order valence-electron chi connectivity index (χ0n) is 13.5. The summed E-state index contributed by atoms with van der Waals surface area (Å²) in [5.41, 5.74) is 2.96. The number of nitrogens with one attached hydrogen (secondary N) is 1. The Morgan fingerprint density at radius 2 is 1.58 bits per heavy atom. The van der Waals surface area contributed by atoms with Crippen LogP contribution in [0.3, 0.4) is 0 Å². The molecule has 0 unspecified atom stereocenters. The molecule has 0 saturated carbocycles. The van der Waals surface area contributed by atoms with Crippen molar-refractivity contribution >= 4 is 21.6 Å². The van der Waals surface area contributed by atoms with E-state index in [1.807, 2.05) is 0 Å². The van der Waals surface area contributed by atoms with E-state index >= 15 is 0 Å². The van der Waals surface area contributed by atoms with Gasteiger partial charge in [-0.1, -0.05) is 42.3 Å². The van der Waals surface area contributed by atoms with Crippen molar-refractivity contribution in [2.75, 3.05) is 6.54 Å². The Kier molecular flexibility index (Phi) is 5.59. The van der Waals surface area contributed by atoms with Crippen molar-refractivity contribution in [3.63, 3.8) is 0 Å². The van der Waals surface area contributed by atoms with Gasteiger partial charge in [0, 0.05) is 11.6 Å². The van der Waals surface area contributed by atoms with E-state index in [4.69, 9.17) is 11.6 Å². The van der Waals surface area contributed by atoms with E-state index in [-0.39, 0.29) is 4.90 Å². The van der Waals surface area contributed by atoms with Crippen LogP contribution in [-0.2, 0) is 22.9 Å². The molecule has 3 rings (SSSR count). The molecular formula is C19H22ClNO2S. The molecule has 0 fully saturated rings. The summed E-state index contributed by atoms with van der Waals surface area (Å²) in [6.07, 6.45) is 5.37. The molecule has 1 aliphatic rings. The highest BCUT2D eigenvalue weighted by atomic mass is 35.5. The molecule has 0 aromatic heterocycles. The minimum Gasteiger partial charge on any atom is -0.211 e. The maximum atomic E-state index is 12.2. The third kappa shape index (κ3) is 4.38. The first-order chi connectivity index (χ1) is 11.5. The summed E-state index contributed by atoms with van der Waals surface area (Å²) in [5, 5.41) is 0.534. The monoisotopic (exact) mass is 363 g/mol. The molecule has 128 valence electrons. The summed E-state index contributed by atoms with van der Waals surface area (Å²) in [4.78, 5) is 0.262. The minimum absolute atomic E-state index is 0.262. The van der Waals surface area contributed by atoms with Crippen molar-refractivity contribution < 1.29 is 8.42 Å². The standard InChI is InChI=1S/C19H22ClNO2S/c20-18-8-10-19(11-9-18)24(22,23)21-12-4-3-5-15-13-16-6-1-2-7-17(16)14-15/h1-2,6-11,15,21H,3-5,12-14H2. The number of halogens is 1. The number of rotatable bonds is 7. The summed E-state index contributed by atoms with van der Waals surface area (Å²) in [7, 11) is -3.43. The van der Waals surface area contributed by atoms with Crippen LogP contribution in [0.15, 0.2) is 53.4 Å². The van der Waals surface area contributed by atoms with Crippen LogP contribution in [0.4, 0.5) is 0 Å². The molecule has 1 N–H and O–H groups in total. The van der Waals surface area contributed by atoms with E-state index in [0.717, 1.165) is 32.1 Å². The SMILES string of the molecule is O=S(=O)(NCCCCC1Cc2ccccc2C1)c1ccc(Cl)cc1. The molecule has 0 saturated heterocycles. The Balaban J connectivity index is 1.39. The highest BCUT2D eigenvalue weighted by Gasteiger charge is 2.20. The van der Waals surface area contributed by atoms with Crippen molar-refractivity contribution in [2.24, 2.45) is 5.92 Å². The predicted molar refractivity (Wildman–Crippen MR) is 97.8 cm³/mol. The molecule has 0 spiro atoms. The van der Waals surface area contributed by atoms with E-state index in [0.29, 0.717) is 17.5 Å². The number of hydrogen-bond donors (Lipinski definition) is 1. The van der Waals surface area contributed by atoms with Gasteiger partial charge in [-0.3, -0.25) is 0 Å². The number of hydrogen-bond acceptors (Lipinski definition) is 2. The van der Waals surface area contributed by atoms with Crippen LogP contribution >= 0.6 is 11.6 Å². The van der Waals surface area contributed by atoms with Crippen molar-refractivity contribution in [1.29, 1.82) is 0 Å². The Hall–Kier alpha value is -1.36. The second-order valence-corrected chi connectivity index (χ2v) is 8.59. The smallest absolute Gasteiger partial charge is 0.211 e. The molecule has 0 bridgehead atoms. The van der Waals surface area contributed by atoms with Crippen LogP contribution in [0.25, 0.3) is 0 Å². The fraction of sp³-hybridized carbons (Fsp3) is 0.368. The van der Waals surface area contributed by atoms with Crippen LogP contribution in [-0.4, -0.2) is 15.0 Å². The quantitative estimate of drug-likeness (QED) is 0.749. The Bertz CT molecular complexity index is 762. The Labute approximate surface area is 149 Å². The number of benzene rings is 2. The van der Waals surface area contributed by atoms with Gasteiger partial charge in [0.25, 0.3) is 0 Å². The van der Waals surface area contributed by atoms with Gasteiger partial charge in [0.1, 0.15) is 0 Å². The van der Waals surface area contributed by atoms with Crippen molar-refractivity contribution in [3.05, 3.63) is 64.7 Å². The van der Waals surface area contributed by atoms with Crippen LogP contribution in [0.5, 0.6) is 0 Å². The van der Waals surface area contributed by atoms with Crippen molar-refractivity contribution in [1.82, 2.24) is 4.72 Å². The highest BCUT2D eigenvalue weighted by molar-refractivity contribution is 7.89. The molecule has 5 heteroatoms. The molecule has 0 atom stereocenters. The van der Waals surface area contributed by atoms with E-state index in [1.54, 1.807) is 12.1 Å². The second-order valence-electron chi connectivity index (χ2n) is 6.39. The lowest BCUT2D eigenvalue weighted by atomic mass is 9.99. The molecule has 24 heavy (non-hydrogen) atoms. The molecule has 0 aliphatic heterocycles. The van der Waals surface area contributed by atoms with Gasteiger partial charge >= 0.3 is 0 Å². The van der Waals surface area contributed by atoms with Gasteiger partial charge in [0.05, 0.1) is 4.90 Å². The molecule has 1 aliphatic carbocycles. The maximum absolute atomic E-state index is 12.2. The Morgan fingerprint density at radius 1 is 0.958 bits per heavy atom. The fourth-order valence-corrected chi connectivity index (χ4v) is 4.52. The summed E-state index contributed by atoms with van der Waals surface area (Å²) in [6.45, 7) is 0.477. The van der Waals surface area contributed by atoms with E-state index in [1.165, 1.54) is 23.3 Å². The number of fused-ring (bicyclic) bond motifs is 1. The van der Waals surface area contributed by atoms with Gasteiger partial charge in [0.15, 0.2) is 0 Å². The lowest BCUT2D eigenvalue weighted by Crippen LogP contribution is -2.24. The van der Waals surface area contributed by atoms with Crippen LogP contribution < -0.4 is 4.72 Å². The van der Waals surface area contributed by atoms with Crippen LogP contribution in [0.1, 0.15) is 30.4 Å². The van der Waals surface area contributed by atoms with Gasteiger partial charge in [-0.05, 0) is 67.0 Å². The predicted octanol–water partition coefficient (Wildman–Crippen LogP) is 4.20. The summed E-state index contributed by atoms with van der Waals surface area (Å²) < 4.78 is 27.0. The molecule has 3 nitrogen and oxygen atoms in total. The lowest BCUT2D eigenvalue weighted by molar-refractivity contribution is 0.480. The lowest BCUT2D eigenvalue weighted by Gasteiger charge is -2.10. The number of sulfonamides is 1. The minimum atomic E-state index is -3.43. The Morgan fingerprint density at radius 3 is 2.21 bits per heavy atom. The summed E-state index contributed by atoms with van der Waals surface area (Å²) >= 11 is 5.79. The molecular weight excluding hydrogens is 342 g/mol. The highest BCUT2D eigenvalue weighted by Crippen LogP contribution is 2.29. The zero-order chi connectivity index (χ0) is 17.0. The van der Waals surface area contributed by atoms with Crippen LogP contribution in [0, 0.1) is 5.92 Å². The average molecular weight is 364 g/mol. The zero-order valence-corrected chi connectivity index (χ0v) is 15.1. The normalized spacial score (nSPS) is 14.7. The molecule has 0 amide bonds. The van der Waals surface area contributed by atoms with Gasteiger partial charge in [-0.15, -0.1) is 0 Å². The van der Waals surface area contributed by atoms with Gasteiger partial charge in [-0.25, -0.2) is 13.1 Å². The third-order valence-corrected chi connectivity index (χ3v) is 6.32. The van der Waals surface area contributed by atoms with Crippen LogP contribution in [0.2, 0.25) is 5.02 Å².